The Morgan fingerprint density at radius 2 is 2.07 bits per heavy atom. The SMILES string of the molecule is CCCN1CC(C(=O)O)CN(C)CC1C. The van der Waals surface area contributed by atoms with E-state index in [4.69, 9.17) is 5.11 Å². The summed E-state index contributed by atoms with van der Waals surface area (Å²) in [5.41, 5.74) is 0. The van der Waals surface area contributed by atoms with Crippen molar-refractivity contribution < 1.29 is 9.90 Å². The van der Waals surface area contributed by atoms with Crippen molar-refractivity contribution in [1.29, 1.82) is 0 Å². The molecular weight excluding hydrogens is 192 g/mol. The highest BCUT2D eigenvalue weighted by molar-refractivity contribution is 5.70. The molecule has 1 heterocycles. The molecule has 0 radical (unpaired) electrons. The van der Waals surface area contributed by atoms with Crippen LogP contribution in [0.25, 0.3) is 0 Å². The number of hydrogen-bond acceptors (Lipinski definition) is 3. The Morgan fingerprint density at radius 1 is 1.40 bits per heavy atom. The van der Waals surface area contributed by atoms with Crippen molar-refractivity contribution in [3.05, 3.63) is 0 Å². The van der Waals surface area contributed by atoms with E-state index in [9.17, 15) is 4.79 Å². The zero-order valence-corrected chi connectivity index (χ0v) is 9.94. The first-order valence-corrected chi connectivity index (χ1v) is 5.70. The van der Waals surface area contributed by atoms with Crippen LogP contribution in [0.1, 0.15) is 20.3 Å². The Labute approximate surface area is 91.9 Å². The summed E-state index contributed by atoms with van der Waals surface area (Å²) in [6, 6.07) is 0.458. The van der Waals surface area contributed by atoms with Gasteiger partial charge in [-0.2, -0.15) is 0 Å². The van der Waals surface area contributed by atoms with E-state index in [1.165, 1.54) is 0 Å². The van der Waals surface area contributed by atoms with Gasteiger partial charge in [0, 0.05) is 25.7 Å². The molecule has 1 aliphatic rings. The molecule has 0 aromatic carbocycles. The average Bonchev–Trinajstić information content (AvgIpc) is 2.27. The zero-order valence-electron chi connectivity index (χ0n) is 9.94. The first-order valence-electron chi connectivity index (χ1n) is 5.70. The van der Waals surface area contributed by atoms with E-state index >= 15 is 0 Å². The molecule has 0 aromatic rings. The van der Waals surface area contributed by atoms with Crippen LogP contribution < -0.4 is 0 Å². The average molecular weight is 214 g/mol. The second kappa shape index (κ2) is 5.47. The minimum absolute atomic E-state index is 0.244. The second-order valence-electron chi connectivity index (χ2n) is 4.60. The van der Waals surface area contributed by atoms with Gasteiger partial charge >= 0.3 is 5.97 Å². The number of nitrogens with zero attached hydrogens (tertiary/aromatic N) is 2. The van der Waals surface area contributed by atoms with Crippen LogP contribution in [-0.2, 0) is 4.79 Å². The molecule has 15 heavy (non-hydrogen) atoms. The molecule has 1 saturated heterocycles. The molecule has 88 valence electrons. The molecule has 0 amide bonds. The van der Waals surface area contributed by atoms with Gasteiger partial charge in [-0.05, 0) is 26.9 Å². The monoisotopic (exact) mass is 214 g/mol. The van der Waals surface area contributed by atoms with Crippen LogP contribution >= 0.6 is 0 Å². The van der Waals surface area contributed by atoms with Gasteiger partial charge in [0.15, 0.2) is 0 Å². The molecule has 1 N–H and O–H groups in total. The molecule has 2 atom stereocenters. The Hall–Kier alpha value is -0.610. The molecule has 0 bridgehead atoms. The quantitative estimate of drug-likeness (QED) is 0.752. The largest absolute Gasteiger partial charge is 0.481 e. The third kappa shape index (κ3) is 3.47. The minimum atomic E-state index is -0.669. The summed E-state index contributed by atoms with van der Waals surface area (Å²) in [6.07, 6.45) is 1.08. The van der Waals surface area contributed by atoms with E-state index in [0.29, 0.717) is 19.1 Å². The Balaban J connectivity index is 2.67. The van der Waals surface area contributed by atoms with Gasteiger partial charge in [-0.25, -0.2) is 0 Å². The maximum atomic E-state index is 11.1. The number of rotatable bonds is 3. The van der Waals surface area contributed by atoms with Gasteiger partial charge in [0.25, 0.3) is 0 Å². The number of hydrogen-bond donors (Lipinski definition) is 1. The van der Waals surface area contributed by atoms with E-state index in [0.717, 1.165) is 19.5 Å². The van der Waals surface area contributed by atoms with Crippen LogP contribution in [0.4, 0.5) is 0 Å². The predicted octanol–water partition coefficient (Wildman–Crippen LogP) is 0.733. The highest BCUT2D eigenvalue weighted by atomic mass is 16.4. The Morgan fingerprint density at radius 3 is 2.60 bits per heavy atom. The molecular formula is C11H22N2O2. The summed E-state index contributed by atoms with van der Waals surface area (Å²) in [4.78, 5) is 15.5. The van der Waals surface area contributed by atoms with Crippen molar-refractivity contribution in [3.63, 3.8) is 0 Å². The highest BCUT2D eigenvalue weighted by Crippen LogP contribution is 2.13. The fourth-order valence-electron chi connectivity index (χ4n) is 2.29. The van der Waals surface area contributed by atoms with Crippen LogP contribution in [0.2, 0.25) is 0 Å². The normalized spacial score (nSPS) is 30.1. The maximum absolute atomic E-state index is 11.1. The van der Waals surface area contributed by atoms with Crippen LogP contribution in [-0.4, -0.2) is 60.1 Å². The molecule has 1 rings (SSSR count). The van der Waals surface area contributed by atoms with E-state index in [1.54, 1.807) is 0 Å². The lowest BCUT2D eigenvalue weighted by molar-refractivity contribution is -0.142. The van der Waals surface area contributed by atoms with Crippen LogP contribution in [0.5, 0.6) is 0 Å². The van der Waals surface area contributed by atoms with Gasteiger partial charge in [-0.1, -0.05) is 6.92 Å². The fourth-order valence-corrected chi connectivity index (χ4v) is 2.29. The number of carboxylic acid groups (broad SMARTS) is 1. The van der Waals surface area contributed by atoms with Gasteiger partial charge in [-0.15, -0.1) is 0 Å². The van der Waals surface area contributed by atoms with Crippen molar-refractivity contribution in [3.8, 4) is 0 Å². The molecule has 0 spiro atoms. The van der Waals surface area contributed by atoms with E-state index in [2.05, 4.69) is 23.6 Å². The lowest BCUT2D eigenvalue weighted by Gasteiger charge is -2.27. The van der Waals surface area contributed by atoms with Gasteiger partial charge in [0.05, 0.1) is 5.92 Å². The second-order valence-corrected chi connectivity index (χ2v) is 4.60. The van der Waals surface area contributed by atoms with Crippen molar-refractivity contribution in [2.75, 3.05) is 33.2 Å². The maximum Gasteiger partial charge on any atom is 0.309 e. The standard InChI is InChI=1S/C11H22N2O2/c1-4-5-13-8-10(11(14)15)7-12(3)6-9(13)2/h9-10H,4-8H2,1-3H3,(H,14,15). The smallest absolute Gasteiger partial charge is 0.309 e. The number of aliphatic carboxylic acids is 1. The number of likely N-dealkylation sites (N-methyl/N-ethyl adjacent to an activating group) is 1. The fraction of sp³-hybridized carbons (Fsp3) is 0.909. The van der Waals surface area contributed by atoms with Crippen molar-refractivity contribution >= 4 is 5.97 Å². The summed E-state index contributed by atoms with van der Waals surface area (Å²) in [7, 11) is 2.00. The zero-order chi connectivity index (χ0) is 11.4. The minimum Gasteiger partial charge on any atom is -0.481 e. The van der Waals surface area contributed by atoms with Crippen LogP contribution in [0, 0.1) is 5.92 Å². The van der Waals surface area contributed by atoms with E-state index in [1.807, 2.05) is 7.05 Å². The Bertz CT molecular complexity index is 221. The Kier molecular flexibility index (Phi) is 4.54. The molecule has 0 saturated carbocycles. The molecule has 0 aromatic heterocycles. The van der Waals surface area contributed by atoms with Crippen molar-refractivity contribution in [1.82, 2.24) is 9.80 Å². The molecule has 4 nitrogen and oxygen atoms in total. The van der Waals surface area contributed by atoms with Crippen LogP contribution in [0.15, 0.2) is 0 Å². The summed E-state index contributed by atoms with van der Waals surface area (Å²) < 4.78 is 0. The van der Waals surface area contributed by atoms with Gasteiger partial charge in [0.1, 0.15) is 0 Å². The summed E-state index contributed by atoms with van der Waals surface area (Å²) >= 11 is 0. The number of carboxylic acids is 1. The molecule has 2 unspecified atom stereocenters. The van der Waals surface area contributed by atoms with Gasteiger partial charge in [0.2, 0.25) is 0 Å². The lowest BCUT2D eigenvalue weighted by Crippen LogP contribution is -2.39. The van der Waals surface area contributed by atoms with Crippen LogP contribution in [0.3, 0.4) is 0 Å². The summed E-state index contributed by atoms with van der Waals surface area (Å²) in [6.45, 7) is 7.63. The van der Waals surface area contributed by atoms with E-state index in [-0.39, 0.29) is 5.92 Å². The summed E-state index contributed by atoms with van der Waals surface area (Å²) in [5, 5.41) is 9.10. The molecule has 0 aliphatic carbocycles. The third-order valence-electron chi connectivity index (χ3n) is 3.05. The third-order valence-corrected chi connectivity index (χ3v) is 3.05. The highest BCUT2D eigenvalue weighted by Gasteiger charge is 2.29. The number of carbonyl (C=O) groups is 1. The molecule has 4 heteroatoms. The van der Waals surface area contributed by atoms with Gasteiger partial charge < -0.3 is 10.0 Å². The molecule has 1 fully saturated rings. The first-order chi connectivity index (χ1) is 7.04. The summed E-state index contributed by atoms with van der Waals surface area (Å²) in [5.74, 6) is -0.913. The topological polar surface area (TPSA) is 43.8 Å². The first kappa shape index (κ1) is 12.5. The predicted molar refractivity (Wildman–Crippen MR) is 59.9 cm³/mol. The van der Waals surface area contributed by atoms with Gasteiger partial charge in [-0.3, -0.25) is 9.69 Å². The van der Waals surface area contributed by atoms with Crippen molar-refractivity contribution in [2.45, 2.75) is 26.3 Å². The molecule has 1 aliphatic heterocycles. The van der Waals surface area contributed by atoms with Crippen molar-refractivity contribution in [2.24, 2.45) is 5.92 Å². The lowest BCUT2D eigenvalue weighted by atomic mass is 10.1. The van der Waals surface area contributed by atoms with E-state index < -0.39 is 5.97 Å².